The molecule has 0 saturated carbocycles. The van der Waals surface area contributed by atoms with Crippen molar-refractivity contribution < 1.29 is 23.2 Å². The number of carbonyl (C=O) groups excluding carboxylic acids is 2. The molecule has 7 heteroatoms. The Morgan fingerprint density at radius 3 is 2.77 bits per heavy atom. The number of hydrogen-bond donors (Lipinski definition) is 1. The van der Waals surface area contributed by atoms with Gasteiger partial charge in [0.25, 0.3) is 5.91 Å². The summed E-state index contributed by atoms with van der Waals surface area (Å²) in [5.41, 5.74) is -0.597. The summed E-state index contributed by atoms with van der Waals surface area (Å²) < 4.78 is 15.3. The second kappa shape index (κ2) is 7.69. The molecule has 0 spiro atoms. The zero-order valence-corrected chi connectivity index (χ0v) is 14.1. The molecule has 0 radical (unpaired) electrons. The second-order valence-electron chi connectivity index (χ2n) is 5.62. The molecule has 1 aromatic carbocycles. The number of carbonyl (C=O) groups is 2. The first-order valence-electron chi connectivity index (χ1n) is 8.20. The average molecular weight is 355 g/mol. The number of amides is 1. The lowest BCUT2D eigenvalue weighted by molar-refractivity contribution is 0.0701. The van der Waals surface area contributed by atoms with Crippen molar-refractivity contribution in [2.45, 2.75) is 19.8 Å². The maximum absolute atomic E-state index is 12.1. The normalized spacial score (nSPS) is 10.7. The van der Waals surface area contributed by atoms with E-state index >= 15 is 0 Å². The van der Waals surface area contributed by atoms with Gasteiger partial charge >= 0.3 is 11.6 Å². The van der Waals surface area contributed by atoms with Gasteiger partial charge in [-0.15, -0.1) is 0 Å². The molecule has 2 heterocycles. The van der Waals surface area contributed by atoms with E-state index in [4.69, 9.17) is 13.6 Å². The van der Waals surface area contributed by atoms with Crippen molar-refractivity contribution in [1.82, 2.24) is 5.32 Å². The van der Waals surface area contributed by atoms with Gasteiger partial charge < -0.3 is 18.9 Å². The maximum Gasteiger partial charge on any atom is 0.379 e. The largest absolute Gasteiger partial charge is 0.457 e. The smallest absolute Gasteiger partial charge is 0.379 e. The van der Waals surface area contributed by atoms with Crippen LogP contribution in [0.3, 0.4) is 0 Å². The SMILES string of the molecule is CCCCNC(=O)c1cc2ccc(OC(=O)c3ccco3)cc2oc1=O. The summed E-state index contributed by atoms with van der Waals surface area (Å²) in [6, 6.07) is 9.07. The van der Waals surface area contributed by atoms with Gasteiger partial charge in [0.05, 0.1) is 6.26 Å². The Labute approximate surface area is 148 Å². The molecule has 0 unspecified atom stereocenters. The number of nitrogens with one attached hydrogen (secondary N) is 1. The molecule has 2 aromatic heterocycles. The second-order valence-corrected chi connectivity index (χ2v) is 5.62. The fourth-order valence-electron chi connectivity index (χ4n) is 2.34. The van der Waals surface area contributed by atoms with Crippen LogP contribution in [-0.2, 0) is 0 Å². The van der Waals surface area contributed by atoms with Crippen molar-refractivity contribution >= 4 is 22.8 Å². The molecular weight excluding hydrogens is 338 g/mol. The van der Waals surface area contributed by atoms with Crippen molar-refractivity contribution in [2.24, 2.45) is 0 Å². The highest BCUT2D eigenvalue weighted by atomic mass is 16.5. The van der Waals surface area contributed by atoms with Crippen LogP contribution in [0.5, 0.6) is 5.75 Å². The van der Waals surface area contributed by atoms with Crippen molar-refractivity contribution in [3.63, 3.8) is 0 Å². The lowest BCUT2D eigenvalue weighted by Crippen LogP contribution is -2.28. The van der Waals surface area contributed by atoms with Gasteiger partial charge in [-0.05, 0) is 36.8 Å². The average Bonchev–Trinajstić information content (AvgIpc) is 3.16. The van der Waals surface area contributed by atoms with Crippen LogP contribution in [0.25, 0.3) is 11.0 Å². The zero-order valence-electron chi connectivity index (χ0n) is 14.1. The number of ether oxygens (including phenoxy) is 1. The summed E-state index contributed by atoms with van der Waals surface area (Å²) in [6.07, 6.45) is 3.13. The number of rotatable bonds is 6. The number of hydrogen-bond acceptors (Lipinski definition) is 6. The molecule has 7 nitrogen and oxygen atoms in total. The molecule has 0 aliphatic rings. The third-order valence-corrected chi connectivity index (χ3v) is 3.70. The molecular formula is C19H17NO6. The Bertz CT molecular complexity index is 987. The van der Waals surface area contributed by atoms with E-state index in [0.29, 0.717) is 11.9 Å². The molecule has 134 valence electrons. The summed E-state index contributed by atoms with van der Waals surface area (Å²) in [5.74, 6) is -0.876. The number of furan rings is 1. The molecule has 0 bridgehead atoms. The van der Waals surface area contributed by atoms with E-state index in [1.54, 1.807) is 18.2 Å². The summed E-state index contributed by atoms with van der Waals surface area (Å²) in [5, 5.41) is 3.22. The van der Waals surface area contributed by atoms with E-state index in [-0.39, 0.29) is 22.7 Å². The van der Waals surface area contributed by atoms with Crippen LogP contribution >= 0.6 is 0 Å². The first kappa shape index (κ1) is 17.5. The van der Waals surface area contributed by atoms with Crippen molar-refractivity contribution in [2.75, 3.05) is 6.54 Å². The van der Waals surface area contributed by atoms with Gasteiger partial charge in [0.15, 0.2) is 0 Å². The molecule has 1 amide bonds. The molecule has 0 saturated heterocycles. The van der Waals surface area contributed by atoms with Gasteiger partial charge in [-0.3, -0.25) is 4.79 Å². The Hall–Kier alpha value is -3.35. The van der Waals surface area contributed by atoms with Crippen LogP contribution in [0, 0.1) is 0 Å². The van der Waals surface area contributed by atoms with Gasteiger partial charge in [0.2, 0.25) is 5.76 Å². The van der Waals surface area contributed by atoms with E-state index in [2.05, 4.69) is 5.32 Å². The predicted molar refractivity (Wildman–Crippen MR) is 93.4 cm³/mol. The van der Waals surface area contributed by atoms with Crippen LogP contribution in [0.2, 0.25) is 0 Å². The summed E-state index contributed by atoms with van der Waals surface area (Å²) in [4.78, 5) is 36.0. The standard InChI is InChI=1S/C19H17NO6/c1-2-3-8-20-17(21)14-10-12-6-7-13(11-16(12)26-18(14)22)25-19(23)15-5-4-9-24-15/h4-7,9-11H,2-3,8H2,1H3,(H,20,21). The molecule has 3 rings (SSSR count). The molecule has 1 N–H and O–H groups in total. The highest BCUT2D eigenvalue weighted by Gasteiger charge is 2.15. The zero-order chi connectivity index (χ0) is 18.5. The third-order valence-electron chi connectivity index (χ3n) is 3.70. The van der Waals surface area contributed by atoms with E-state index in [9.17, 15) is 14.4 Å². The summed E-state index contributed by atoms with van der Waals surface area (Å²) in [6.45, 7) is 2.50. The van der Waals surface area contributed by atoms with Crippen LogP contribution in [-0.4, -0.2) is 18.4 Å². The number of esters is 1. The third kappa shape index (κ3) is 3.83. The summed E-state index contributed by atoms with van der Waals surface area (Å²) in [7, 11) is 0. The van der Waals surface area contributed by atoms with Crippen LogP contribution in [0.4, 0.5) is 0 Å². The molecule has 0 aliphatic heterocycles. The Morgan fingerprint density at radius 2 is 2.04 bits per heavy atom. The molecule has 0 atom stereocenters. The maximum atomic E-state index is 12.1. The van der Waals surface area contributed by atoms with Crippen molar-refractivity contribution in [3.8, 4) is 5.75 Å². The topological polar surface area (TPSA) is 98.8 Å². The lowest BCUT2D eigenvalue weighted by Gasteiger charge is -2.06. The van der Waals surface area contributed by atoms with E-state index in [0.717, 1.165) is 12.8 Å². The van der Waals surface area contributed by atoms with E-state index in [1.165, 1.54) is 24.5 Å². The Balaban J connectivity index is 1.82. The van der Waals surface area contributed by atoms with Gasteiger partial charge in [0.1, 0.15) is 16.9 Å². The fraction of sp³-hybridized carbons (Fsp3) is 0.211. The van der Waals surface area contributed by atoms with E-state index in [1.807, 2.05) is 6.92 Å². The van der Waals surface area contributed by atoms with Gasteiger partial charge in [-0.1, -0.05) is 13.3 Å². The Morgan fingerprint density at radius 1 is 1.19 bits per heavy atom. The van der Waals surface area contributed by atoms with Gasteiger partial charge in [0, 0.05) is 18.0 Å². The minimum Gasteiger partial charge on any atom is -0.457 e. The molecule has 3 aromatic rings. The first-order valence-corrected chi connectivity index (χ1v) is 8.20. The molecule has 26 heavy (non-hydrogen) atoms. The quantitative estimate of drug-likeness (QED) is 0.316. The highest BCUT2D eigenvalue weighted by molar-refractivity contribution is 5.97. The highest BCUT2D eigenvalue weighted by Crippen LogP contribution is 2.21. The first-order chi connectivity index (χ1) is 12.6. The molecule has 0 fully saturated rings. The number of fused-ring (bicyclic) bond motifs is 1. The lowest BCUT2D eigenvalue weighted by atomic mass is 10.1. The predicted octanol–water partition coefficient (Wildman–Crippen LogP) is 3.14. The Kier molecular flexibility index (Phi) is 5.17. The summed E-state index contributed by atoms with van der Waals surface area (Å²) >= 11 is 0. The van der Waals surface area contributed by atoms with Crippen LogP contribution < -0.4 is 15.7 Å². The molecule has 0 aliphatic carbocycles. The number of unbranched alkanes of at least 4 members (excludes halogenated alkanes) is 1. The number of benzene rings is 1. The van der Waals surface area contributed by atoms with Gasteiger partial charge in [-0.25, -0.2) is 9.59 Å². The minimum absolute atomic E-state index is 0.0608. The van der Waals surface area contributed by atoms with Crippen molar-refractivity contribution in [1.29, 1.82) is 0 Å². The van der Waals surface area contributed by atoms with Crippen molar-refractivity contribution in [3.05, 3.63) is 64.4 Å². The monoisotopic (exact) mass is 355 g/mol. The van der Waals surface area contributed by atoms with Crippen LogP contribution in [0.1, 0.15) is 40.7 Å². The fourth-order valence-corrected chi connectivity index (χ4v) is 2.34. The minimum atomic E-state index is -0.749. The van der Waals surface area contributed by atoms with Gasteiger partial charge in [-0.2, -0.15) is 0 Å². The van der Waals surface area contributed by atoms with Crippen LogP contribution in [0.15, 0.2) is 56.3 Å². The van der Waals surface area contributed by atoms with E-state index < -0.39 is 17.5 Å².